The zero-order valence-corrected chi connectivity index (χ0v) is 10.2. The molecule has 4 heteroatoms. The normalized spacial score (nSPS) is 10.9. The molecule has 0 unspecified atom stereocenters. The Kier molecular flexibility index (Phi) is 4.29. The van der Waals surface area contributed by atoms with E-state index in [1.165, 1.54) is 15.3 Å². The first-order chi connectivity index (χ1) is 7.02. The Labute approximate surface area is 94.3 Å². The number of nitrogens with zero attached hydrogens (tertiary/aromatic N) is 1. The first-order valence-corrected chi connectivity index (χ1v) is 5.84. The number of carboxylic acids is 1. The maximum atomic E-state index is 10.6. The van der Waals surface area contributed by atoms with Crippen LogP contribution in [0.4, 0.5) is 0 Å². The summed E-state index contributed by atoms with van der Waals surface area (Å²) in [5.41, 5.74) is 1.25. The van der Waals surface area contributed by atoms with Crippen LogP contribution in [0.2, 0.25) is 0 Å². The molecule has 1 N–H and O–H groups in total. The summed E-state index contributed by atoms with van der Waals surface area (Å²) in [6, 6.07) is 2.14. The molecule has 0 radical (unpaired) electrons. The lowest BCUT2D eigenvalue weighted by Crippen LogP contribution is -2.29. The number of aliphatic carboxylic acids is 1. The van der Waals surface area contributed by atoms with E-state index in [0.717, 1.165) is 13.1 Å². The second kappa shape index (κ2) is 5.28. The van der Waals surface area contributed by atoms with Gasteiger partial charge < -0.3 is 5.11 Å². The van der Waals surface area contributed by atoms with Gasteiger partial charge in [-0.2, -0.15) is 0 Å². The standard InChI is InChI=1S/C11H17NO2S/c1-4-12(7-11(13)14)6-10-5-8(2)15-9(10)3/h5H,4,6-7H2,1-3H3,(H,13,14). The predicted octanol–water partition coefficient (Wildman–Crippen LogP) is 2.27. The molecule has 0 bridgehead atoms. The van der Waals surface area contributed by atoms with Crippen molar-refractivity contribution in [3.8, 4) is 0 Å². The van der Waals surface area contributed by atoms with Crippen LogP contribution in [-0.2, 0) is 11.3 Å². The molecule has 1 aromatic heterocycles. The molecule has 0 aliphatic rings. The van der Waals surface area contributed by atoms with E-state index in [4.69, 9.17) is 5.11 Å². The van der Waals surface area contributed by atoms with Gasteiger partial charge >= 0.3 is 5.97 Å². The number of thiophene rings is 1. The van der Waals surface area contributed by atoms with Gasteiger partial charge in [-0.1, -0.05) is 6.92 Å². The number of rotatable bonds is 5. The minimum absolute atomic E-state index is 0.116. The Bertz CT molecular complexity index is 346. The fourth-order valence-electron chi connectivity index (χ4n) is 1.55. The van der Waals surface area contributed by atoms with Gasteiger partial charge in [0.1, 0.15) is 0 Å². The van der Waals surface area contributed by atoms with Crippen LogP contribution in [0.25, 0.3) is 0 Å². The van der Waals surface area contributed by atoms with Crippen LogP contribution in [0, 0.1) is 13.8 Å². The molecule has 1 aromatic rings. The molecule has 0 amide bonds. The molecule has 0 fully saturated rings. The molecule has 15 heavy (non-hydrogen) atoms. The second-order valence-corrected chi connectivity index (χ2v) is 5.10. The van der Waals surface area contributed by atoms with Crippen molar-refractivity contribution in [2.45, 2.75) is 27.3 Å². The number of carbonyl (C=O) groups is 1. The van der Waals surface area contributed by atoms with Crippen molar-refractivity contribution in [2.24, 2.45) is 0 Å². The van der Waals surface area contributed by atoms with E-state index in [-0.39, 0.29) is 6.54 Å². The van der Waals surface area contributed by atoms with Gasteiger partial charge in [0.15, 0.2) is 0 Å². The van der Waals surface area contributed by atoms with Gasteiger partial charge in [0.05, 0.1) is 6.54 Å². The largest absolute Gasteiger partial charge is 0.480 e. The second-order valence-electron chi connectivity index (χ2n) is 3.64. The minimum atomic E-state index is -0.763. The van der Waals surface area contributed by atoms with Crippen LogP contribution in [0.5, 0.6) is 0 Å². The van der Waals surface area contributed by atoms with E-state index in [2.05, 4.69) is 19.9 Å². The lowest BCUT2D eigenvalue weighted by Gasteiger charge is -2.17. The van der Waals surface area contributed by atoms with E-state index >= 15 is 0 Å². The molecule has 0 saturated carbocycles. The van der Waals surface area contributed by atoms with Gasteiger partial charge in [0.2, 0.25) is 0 Å². The summed E-state index contributed by atoms with van der Waals surface area (Å²) in [5, 5.41) is 8.73. The molecular weight excluding hydrogens is 210 g/mol. The number of hydrogen-bond donors (Lipinski definition) is 1. The Hall–Kier alpha value is -0.870. The van der Waals surface area contributed by atoms with Crippen molar-refractivity contribution >= 4 is 17.3 Å². The van der Waals surface area contributed by atoms with Gasteiger partial charge in [0, 0.05) is 16.3 Å². The van der Waals surface area contributed by atoms with Crippen molar-refractivity contribution in [1.82, 2.24) is 4.90 Å². The number of likely N-dealkylation sites (N-methyl/N-ethyl adjacent to an activating group) is 1. The van der Waals surface area contributed by atoms with Crippen LogP contribution in [0.3, 0.4) is 0 Å². The lowest BCUT2D eigenvalue weighted by molar-refractivity contribution is -0.138. The SMILES string of the molecule is CCN(CC(=O)O)Cc1cc(C)sc1C. The Morgan fingerprint density at radius 2 is 2.20 bits per heavy atom. The average Bonchev–Trinajstić information content (AvgIpc) is 2.43. The van der Waals surface area contributed by atoms with Crippen LogP contribution >= 0.6 is 11.3 Å². The topological polar surface area (TPSA) is 40.5 Å². The van der Waals surface area contributed by atoms with Gasteiger partial charge in [-0.25, -0.2) is 0 Å². The first-order valence-electron chi connectivity index (χ1n) is 5.03. The molecule has 0 atom stereocenters. The molecule has 0 aliphatic heterocycles. The summed E-state index contributed by atoms with van der Waals surface area (Å²) in [5.74, 6) is -0.763. The molecule has 84 valence electrons. The highest BCUT2D eigenvalue weighted by Crippen LogP contribution is 2.21. The molecule has 0 saturated heterocycles. The summed E-state index contributed by atoms with van der Waals surface area (Å²) in [6.45, 7) is 7.76. The van der Waals surface area contributed by atoms with E-state index in [1.807, 2.05) is 11.8 Å². The monoisotopic (exact) mass is 227 g/mol. The smallest absolute Gasteiger partial charge is 0.317 e. The number of aryl methyl sites for hydroxylation is 2. The first kappa shape index (κ1) is 12.2. The van der Waals surface area contributed by atoms with Crippen LogP contribution in [0.1, 0.15) is 22.2 Å². The molecule has 3 nitrogen and oxygen atoms in total. The summed E-state index contributed by atoms with van der Waals surface area (Å²) in [6.07, 6.45) is 0. The van der Waals surface area contributed by atoms with Crippen LogP contribution in [0.15, 0.2) is 6.07 Å². The zero-order valence-electron chi connectivity index (χ0n) is 9.41. The van der Waals surface area contributed by atoms with Crippen LogP contribution < -0.4 is 0 Å². The molecule has 1 heterocycles. The predicted molar refractivity (Wildman–Crippen MR) is 62.4 cm³/mol. The molecular formula is C11H17NO2S. The van der Waals surface area contributed by atoms with Gasteiger partial charge in [-0.3, -0.25) is 9.69 Å². The van der Waals surface area contributed by atoms with Gasteiger partial charge in [0.25, 0.3) is 0 Å². The maximum absolute atomic E-state index is 10.6. The van der Waals surface area contributed by atoms with E-state index in [9.17, 15) is 4.79 Å². The van der Waals surface area contributed by atoms with Crippen LogP contribution in [-0.4, -0.2) is 29.1 Å². The van der Waals surface area contributed by atoms with Crippen molar-refractivity contribution in [3.63, 3.8) is 0 Å². The number of hydrogen-bond acceptors (Lipinski definition) is 3. The summed E-state index contributed by atoms with van der Waals surface area (Å²) < 4.78 is 0. The van der Waals surface area contributed by atoms with Crippen molar-refractivity contribution in [1.29, 1.82) is 0 Å². The van der Waals surface area contributed by atoms with Crippen molar-refractivity contribution in [2.75, 3.05) is 13.1 Å². The van der Waals surface area contributed by atoms with Crippen molar-refractivity contribution < 1.29 is 9.90 Å². The highest BCUT2D eigenvalue weighted by molar-refractivity contribution is 7.12. The number of carboxylic acid groups (broad SMARTS) is 1. The van der Waals surface area contributed by atoms with E-state index in [0.29, 0.717) is 0 Å². The van der Waals surface area contributed by atoms with Gasteiger partial charge in [-0.05, 0) is 32.0 Å². The van der Waals surface area contributed by atoms with Crippen molar-refractivity contribution in [3.05, 3.63) is 21.4 Å². The Morgan fingerprint density at radius 1 is 1.53 bits per heavy atom. The van der Waals surface area contributed by atoms with E-state index in [1.54, 1.807) is 11.3 Å². The molecule has 1 rings (SSSR count). The molecule has 0 aromatic carbocycles. The maximum Gasteiger partial charge on any atom is 0.317 e. The summed E-state index contributed by atoms with van der Waals surface area (Å²) >= 11 is 1.77. The Balaban J connectivity index is 2.66. The third-order valence-corrected chi connectivity index (χ3v) is 3.35. The summed E-state index contributed by atoms with van der Waals surface area (Å²) in [4.78, 5) is 15.1. The average molecular weight is 227 g/mol. The highest BCUT2D eigenvalue weighted by atomic mass is 32.1. The fourth-order valence-corrected chi connectivity index (χ4v) is 2.49. The van der Waals surface area contributed by atoms with Gasteiger partial charge in [-0.15, -0.1) is 11.3 Å². The zero-order chi connectivity index (χ0) is 11.4. The highest BCUT2D eigenvalue weighted by Gasteiger charge is 2.10. The summed E-state index contributed by atoms with van der Waals surface area (Å²) in [7, 11) is 0. The third kappa shape index (κ3) is 3.64. The molecule has 0 spiro atoms. The fraction of sp³-hybridized carbons (Fsp3) is 0.545. The minimum Gasteiger partial charge on any atom is -0.480 e. The quantitative estimate of drug-likeness (QED) is 0.839. The third-order valence-electron chi connectivity index (χ3n) is 2.34. The Morgan fingerprint density at radius 3 is 2.60 bits per heavy atom. The lowest BCUT2D eigenvalue weighted by atomic mass is 10.2. The molecule has 0 aliphatic carbocycles. The van der Waals surface area contributed by atoms with E-state index < -0.39 is 5.97 Å².